The molecule has 2 atom stereocenters. The summed E-state index contributed by atoms with van der Waals surface area (Å²) in [6.07, 6.45) is 1.07. The van der Waals surface area contributed by atoms with Gasteiger partial charge in [0.2, 0.25) is 0 Å². The standard InChI is InChI=1S/C18H20N2O5/c1-9-6-10(9)13-4-5-14(25-13)18(22)20-12-8-16(24-3)15(23-2)7-11(12)17(19)21/h4-5,7-10H,6H2,1-3H3,(H2,19,21)(H,20,22)/t9-,10+/m1/s1. The number of benzene rings is 1. The lowest BCUT2D eigenvalue weighted by molar-refractivity contribution is 0.0995. The van der Waals surface area contributed by atoms with Crippen LogP contribution in [-0.2, 0) is 0 Å². The fourth-order valence-electron chi connectivity index (χ4n) is 2.76. The van der Waals surface area contributed by atoms with Gasteiger partial charge in [-0.1, -0.05) is 6.92 Å². The average Bonchev–Trinajstić information content (AvgIpc) is 3.11. The highest BCUT2D eigenvalue weighted by Crippen LogP contribution is 2.47. The third-order valence-electron chi connectivity index (χ3n) is 4.36. The molecule has 1 aliphatic rings. The van der Waals surface area contributed by atoms with Crippen molar-refractivity contribution in [2.75, 3.05) is 19.5 Å². The molecule has 0 bridgehead atoms. The number of rotatable bonds is 6. The first-order valence-electron chi connectivity index (χ1n) is 7.91. The summed E-state index contributed by atoms with van der Waals surface area (Å²) in [5.74, 6) is 1.50. The highest BCUT2D eigenvalue weighted by molar-refractivity contribution is 6.08. The smallest absolute Gasteiger partial charge is 0.291 e. The van der Waals surface area contributed by atoms with Gasteiger partial charge in [0.15, 0.2) is 17.3 Å². The van der Waals surface area contributed by atoms with Gasteiger partial charge in [0, 0.05) is 12.0 Å². The normalized spacial score (nSPS) is 18.5. The molecule has 2 aromatic rings. The number of nitrogens with two attached hydrogens (primary N) is 1. The minimum Gasteiger partial charge on any atom is -0.493 e. The summed E-state index contributed by atoms with van der Waals surface area (Å²) in [5, 5.41) is 2.65. The van der Waals surface area contributed by atoms with E-state index < -0.39 is 11.8 Å². The first-order chi connectivity index (χ1) is 11.9. The Kier molecular flexibility index (Phi) is 4.39. The molecule has 3 N–H and O–H groups in total. The van der Waals surface area contributed by atoms with Gasteiger partial charge >= 0.3 is 0 Å². The number of anilines is 1. The van der Waals surface area contributed by atoms with Gasteiger partial charge in [0.1, 0.15) is 5.76 Å². The molecule has 0 radical (unpaired) electrons. The lowest BCUT2D eigenvalue weighted by Crippen LogP contribution is -2.18. The molecule has 1 saturated carbocycles. The van der Waals surface area contributed by atoms with Gasteiger partial charge in [-0.05, 0) is 30.5 Å². The van der Waals surface area contributed by atoms with Crippen LogP contribution in [-0.4, -0.2) is 26.0 Å². The first-order valence-corrected chi connectivity index (χ1v) is 7.91. The van der Waals surface area contributed by atoms with Gasteiger partial charge in [-0.3, -0.25) is 9.59 Å². The van der Waals surface area contributed by atoms with Gasteiger partial charge in [-0.2, -0.15) is 0 Å². The number of furan rings is 1. The minimum atomic E-state index is -0.691. The highest BCUT2D eigenvalue weighted by Gasteiger charge is 2.37. The number of carbonyl (C=O) groups excluding carboxylic acids is 2. The Hall–Kier alpha value is -2.96. The Balaban J connectivity index is 1.87. The molecule has 1 aliphatic carbocycles. The lowest BCUT2D eigenvalue weighted by atomic mass is 10.1. The zero-order valence-corrected chi connectivity index (χ0v) is 14.3. The molecule has 7 heteroatoms. The van der Waals surface area contributed by atoms with Crippen LogP contribution in [0.3, 0.4) is 0 Å². The molecule has 132 valence electrons. The average molecular weight is 344 g/mol. The molecule has 0 saturated heterocycles. The van der Waals surface area contributed by atoms with Crippen LogP contribution in [0.5, 0.6) is 11.5 Å². The third-order valence-corrected chi connectivity index (χ3v) is 4.36. The maximum absolute atomic E-state index is 12.5. The van der Waals surface area contributed by atoms with Crippen LogP contribution in [0.1, 0.15) is 45.9 Å². The second-order valence-corrected chi connectivity index (χ2v) is 6.09. The molecule has 1 fully saturated rings. The topological polar surface area (TPSA) is 104 Å². The van der Waals surface area contributed by atoms with Crippen LogP contribution < -0.4 is 20.5 Å². The molecule has 1 aromatic carbocycles. The van der Waals surface area contributed by atoms with E-state index in [4.69, 9.17) is 19.6 Å². The van der Waals surface area contributed by atoms with Crippen molar-refractivity contribution < 1.29 is 23.5 Å². The number of hydrogen-bond donors (Lipinski definition) is 2. The van der Waals surface area contributed by atoms with E-state index in [9.17, 15) is 9.59 Å². The largest absolute Gasteiger partial charge is 0.493 e. The number of amides is 2. The molecule has 2 amide bonds. The number of ether oxygens (including phenoxy) is 2. The summed E-state index contributed by atoms with van der Waals surface area (Å²) in [6.45, 7) is 2.13. The van der Waals surface area contributed by atoms with E-state index in [1.807, 2.05) is 6.07 Å². The predicted molar refractivity (Wildman–Crippen MR) is 91.2 cm³/mol. The van der Waals surface area contributed by atoms with Crippen molar-refractivity contribution in [1.29, 1.82) is 0 Å². The fraction of sp³-hybridized carbons (Fsp3) is 0.333. The first kappa shape index (κ1) is 16.9. The van der Waals surface area contributed by atoms with E-state index in [-0.39, 0.29) is 17.0 Å². The molecular weight excluding hydrogens is 324 g/mol. The van der Waals surface area contributed by atoms with Crippen LogP contribution in [0.4, 0.5) is 5.69 Å². The summed E-state index contributed by atoms with van der Waals surface area (Å²) in [4.78, 5) is 24.1. The van der Waals surface area contributed by atoms with Crippen molar-refractivity contribution in [2.24, 2.45) is 11.7 Å². The Morgan fingerprint density at radius 1 is 1.20 bits per heavy atom. The van der Waals surface area contributed by atoms with Gasteiger partial charge in [0.25, 0.3) is 11.8 Å². The molecule has 7 nitrogen and oxygen atoms in total. The molecule has 3 rings (SSSR count). The quantitative estimate of drug-likeness (QED) is 0.838. The van der Waals surface area contributed by atoms with Crippen molar-refractivity contribution in [2.45, 2.75) is 19.3 Å². The maximum Gasteiger partial charge on any atom is 0.291 e. The number of hydrogen-bond acceptors (Lipinski definition) is 5. The third kappa shape index (κ3) is 3.31. The molecular formula is C18H20N2O5. The second kappa shape index (κ2) is 6.51. The fourth-order valence-corrected chi connectivity index (χ4v) is 2.76. The number of nitrogens with one attached hydrogen (secondary N) is 1. The number of methoxy groups -OCH3 is 2. The summed E-state index contributed by atoms with van der Waals surface area (Å²) < 4.78 is 16.0. The Morgan fingerprint density at radius 3 is 2.40 bits per heavy atom. The molecule has 0 unspecified atom stereocenters. The van der Waals surface area contributed by atoms with Gasteiger partial charge in [-0.25, -0.2) is 0 Å². The Labute approximate surface area is 145 Å². The number of carbonyl (C=O) groups is 2. The summed E-state index contributed by atoms with van der Waals surface area (Å²) in [5.41, 5.74) is 5.75. The molecule has 1 aromatic heterocycles. The van der Waals surface area contributed by atoms with Crippen LogP contribution in [0.25, 0.3) is 0 Å². The van der Waals surface area contributed by atoms with Crippen molar-refractivity contribution in [3.8, 4) is 11.5 Å². The van der Waals surface area contributed by atoms with E-state index in [0.717, 1.165) is 12.2 Å². The zero-order chi connectivity index (χ0) is 18.1. The Morgan fingerprint density at radius 2 is 1.84 bits per heavy atom. The van der Waals surface area contributed by atoms with Gasteiger partial charge < -0.3 is 24.9 Å². The highest BCUT2D eigenvalue weighted by atomic mass is 16.5. The van der Waals surface area contributed by atoms with E-state index in [0.29, 0.717) is 23.3 Å². The van der Waals surface area contributed by atoms with E-state index in [1.54, 1.807) is 6.07 Å². The maximum atomic E-state index is 12.5. The summed E-state index contributed by atoms with van der Waals surface area (Å²) in [6, 6.07) is 6.35. The molecule has 1 heterocycles. The molecule has 25 heavy (non-hydrogen) atoms. The van der Waals surface area contributed by atoms with Crippen molar-refractivity contribution in [1.82, 2.24) is 0 Å². The molecule has 0 aliphatic heterocycles. The number of primary amides is 1. The second-order valence-electron chi connectivity index (χ2n) is 6.09. The van der Waals surface area contributed by atoms with E-state index in [2.05, 4.69) is 12.2 Å². The van der Waals surface area contributed by atoms with Crippen LogP contribution >= 0.6 is 0 Å². The van der Waals surface area contributed by atoms with E-state index in [1.165, 1.54) is 26.4 Å². The van der Waals surface area contributed by atoms with Gasteiger partial charge in [0.05, 0.1) is 25.5 Å². The zero-order valence-electron chi connectivity index (χ0n) is 14.3. The Bertz CT molecular complexity index is 827. The summed E-state index contributed by atoms with van der Waals surface area (Å²) in [7, 11) is 2.91. The predicted octanol–water partition coefficient (Wildman–Crippen LogP) is 2.77. The van der Waals surface area contributed by atoms with Crippen molar-refractivity contribution >= 4 is 17.5 Å². The molecule has 0 spiro atoms. The van der Waals surface area contributed by atoms with Crippen LogP contribution in [0, 0.1) is 5.92 Å². The summed E-state index contributed by atoms with van der Waals surface area (Å²) >= 11 is 0. The SMILES string of the molecule is COc1cc(NC(=O)c2ccc([C@H]3C[C@H]3C)o2)c(C(N)=O)cc1OC. The van der Waals surface area contributed by atoms with Crippen molar-refractivity contribution in [3.63, 3.8) is 0 Å². The van der Waals surface area contributed by atoms with Crippen LogP contribution in [0.2, 0.25) is 0 Å². The van der Waals surface area contributed by atoms with Gasteiger partial charge in [-0.15, -0.1) is 0 Å². The van der Waals surface area contributed by atoms with Crippen molar-refractivity contribution in [3.05, 3.63) is 41.3 Å². The minimum absolute atomic E-state index is 0.119. The van der Waals surface area contributed by atoms with Crippen LogP contribution in [0.15, 0.2) is 28.7 Å². The van der Waals surface area contributed by atoms with E-state index >= 15 is 0 Å². The monoisotopic (exact) mass is 344 g/mol. The lowest BCUT2D eigenvalue weighted by Gasteiger charge is -2.13.